The summed E-state index contributed by atoms with van der Waals surface area (Å²) in [5.41, 5.74) is 1.22. The van der Waals surface area contributed by atoms with E-state index in [0.717, 1.165) is 37.9 Å². The number of amides is 3. The van der Waals surface area contributed by atoms with Crippen LogP contribution in [-0.4, -0.2) is 45.2 Å². The van der Waals surface area contributed by atoms with Crippen LogP contribution >= 0.6 is 0 Å². The number of carbonyl (C=O) groups is 2. The molecule has 2 fully saturated rings. The Morgan fingerprint density at radius 3 is 2.57 bits per heavy atom. The van der Waals surface area contributed by atoms with Crippen LogP contribution in [0.25, 0.3) is 0 Å². The fraction of sp³-hybridized carbons (Fsp3) is 0.476. The maximum Gasteiger partial charge on any atom is 0.325 e. The quantitative estimate of drug-likeness (QED) is 0.749. The second kappa shape index (κ2) is 7.75. The molecule has 2 N–H and O–H groups in total. The number of carbonyl (C=O) groups excluding carboxylic acids is 2. The zero-order chi connectivity index (χ0) is 19.6. The summed E-state index contributed by atoms with van der Waals surface area (Å²) < 4.78 is 1.68. The Hall–Kier alpha value is -2.67. The Morgan fingerprint density at radius 2 is 1.89 bits per heavy atom. The van der Waals surface area contributed by atoms with Gasteiger partial charge < -0.3 is 10.6 Å². The number of rotatable bonds is 6. The average Bonchev–Trinajstić information content (AvgIpc) is 3.24. The molecule has 7 nitrogen and oxygen atoms in total. The van der Waals surface area contributed by atoms with Crippen molar-refractivity contribution in [1.29, 1.82) is 0 Å². The molecule has 0 radical (unpaired) electrons. The lowest BCUT2D eigenvalue weighted by molar-refractivity contribution is -0.134. The van der Waals surface area contributed by atoms with Crippen molar-refractivity contribution in [3.05, 3.63) is 53.9 Å². The van der Waals surface area contributed by atoms with Crippen LogP contribution in [0.3, 0.4) is 0 Å². The number of piperidine rings is 1. The third-order valence-electron chi connectivity index (χ3n) is 5.99. The minimum Gasteiger partial charge on any atom is -0.323 e. The highest BCUT2D eigenvalue weighted by atomic mass is 16.2. The SMILES string of the molecule is Cn1cc(CN2C(=O)NC(CCc3ccccc3)(C3CCNCC3)C2=O)cn1. The summed E-state index contributed by atoms with van der Waals surface area (Å²) in [7, 11) is 1.83. The zero-order valence-electron chi connectivity index (χ0n) is 16.2. The van der Waals surface area contributed by atoms with E-state index in [0.29, 0.717) is 6.42 Å². The molecule has 2 aliphatic rings. The first-order valence-electron chi connectivity index (χ1n) is 9.95. The van der Waals surface area contributed by atoms with Gasteiger partial charge in [0.2, 0.25) is 0 Å². The monoisotopic (exact) mass is 381 g/mol. The first kappa shape index (κ1) is 18.7. The van der Waals surface area contributed by atoms with Crippen molar-refractivity contribution in [2.45, 2.75) is 37.8 Å². The lowest BCUT2D eigenvalue weighted by atomic mass is 9.74. The molecule has 3 amide bonds. The first-order chi connectivity index (χ1) is 13.6. The molecular weight excluding hydrogens is 354 g/mol. The van der Waals surface area contributed by atoms with Crippen molar-refractivity contribution in [3.63, 3.8) is 0 Å². The summed E-state index contributed by atoms with van der Waals surface area (Å²) in [6.07, 6.45) is 6.71. The number of aryl methyl sites for hydroxylation is 2. The Balaban J connectivity index is 1.59. The predicted octanol–water partition coefficient (Wildman–Crippen LogP) is 1.84. The van der Waals surface area contributed by atoms with Gasteiger partial charge in [0.1, 0.15) is 5.54 Å². The van der Waals surface area contributed by atoms with Gasteiger partial charge in [0, 0.05) is 18.8 Å². The molecule has 2 saturated heterocycles. The molecule has 28 heavy (non-hydrogen) atoms. The molecule has 1 aromatic heterocycles. The first-order valence-corrected chi connectivity index (χ1v) is 9.95. The van der Waals surface area contributed by atoms with E-state index in [1.54, 1.807) is 10.9 Å². The summed E-state index contributed by atoms with van der Waals surface area (Å²) in [6, 6.07) is 9.87. The molecule has 0 bridgehead atoms. The van der Waals surface area contributed by atoms with Gasteiger partial charge in [-0.1, -0.05) is 30.3 Å². The number of aromatic nitrogens is 2. The highest BCUT2D eigenvalue weighted by Crippen LogP contribution is 2.36. The van der Waals surface area contributed by atoms with Crippen LogP contribution in [0.4, 0.5) is 4.79 Å². The van der Waals surface area contributed by atoms with Crippen molar-refractivity contribution in [3.8, 4) is 0 Å². The largest absolute Gasteiger partial charge is 0.325 e. The Kier molecular flexibility index (Phi) is 5.17. The summed E-state index contributed by atoms with van der Waals surface area (Å²) >= 11 is 0. The van der Waals surface area contributed by atoms with E-state index in [4.69, 9.17) is 0 Å². The summed E-state index contributed by atoms with van der Waals surface area (Å²) in [4.78, 5) is 27.7. The van der Waals surface area contributed by atoms with E-state index in [1.807, 2.05) is 31.4 Å². The van der Waals surface area contributed by atoms with Gasteiger partial charge in [0.25, 0.3) is 5.91 Å². The highest BCUT2D eigenvalue weighted by molar-refractivity contribution is 6.07. The normalized spacial score (nSPS) is 23.2. The molecular formula is C21H27N5O2. The second-order valence-electron chi connectivity index (χ2n) is 7.82. The second-order valence-corrected chi connectivity index (χ2v) is 7.82. The summed E-state index contributed by atoms with van der Waals surface area (Å²) in [6.45, 7) is 2.02. The third-order valence-corrected chi connectivity index (χ3v) is 5.99. The van der Waals surface area contributed by atoms with E-state index in [2.05, 4.69) is 27.9 Å². The van der Waals surface area contributed by atoms with Gasteiger partial charge in [-0.25, -0.2) is 4.79 Å². The zero-order valence-corrected chi connectivity index (χ0v) is 16.2. The lowest BCUT2D eigenvalue weighted by Gasteiger charge is -2.38. The van der Waals surface area contributed by atoms with Crippen LogP contribution in [0.1, 0.15) is 30.4 Å². The van der Waals surface area contributed by atoms with Crippen molar-refractivity contribution in [2.75, 3.05) is 13.1 Å². The molecule has 1 unspecified atom stereocenters. The molecule has 1 aromatic carbocycles. The van der Waals surface area contributed by atoms with Crippen LogP contribution in [0, 0.1) is 5.92 Å². The topological polar surface area (TPSA) is 79.3 Å². The van der Waals surface area contributed by atoms with Gasteiger partial charge in [-0.2, -0.15) is 5.10 Å². The van der Waals surface area contributed by atoms with Crippen LogP contribution < -0.4 is 10.6 Å². The highest BCUT2D eigenvalue weighted by Gasteiger charge is 2.55. The molecule has 7 heteroatoms. The summed E-state index contributed by atoms with van der Waals surface area (Å²) in [5, 5.41) is 10.6. The van der Waals surface area contributed by atoms with Gasteiger partial charge in [0.15, 0.2) is 0 Å². The standard InChI is InChI=1S/C21H27N5O2/c1-25-14-17(13-23-25)15-26-19(27)21(24-20(26)28,18-8-11-22-12-9-18)10-7-16-5-3-2-4-6-16/h2-6,13-14,18,22H,7-12,15H2,1H3,(H,24,28). The number of imide groups is 1. The van der Waals surface area contributed by atoms with Crippen molar-refractivity contribution < 1.29 is 9.59 Å². The number of nitrogens with zero attached hydrogens (tertiary/aromatic N) is 3. The minimum absolute atomic E-state index is 0.0933. The van der Waals surface area contributed by atoms with Crippen molar-refractivity contribution in [2.24, 2.45) is 13.0 Å². The van der Waals surface area contributed by atoms with E-state index in [1.165, 1.54) is 10.5 Å². The number of hydrogen-bond donors (Lipinski definition) is 2. The molecule has 0 spiro atoms. The minimum atomic E-state index is -0.822. The van der Waals surface area contributed by atoms with Gasteiger partial charge in [0.05, 0.1) is 12.7 Å². The number of hydrogen-bond acceptors (Lipinski definition) is 4. The van der Waals surface area contributed by atoms with Crippen LogP contribution in [0.5, 0.6) is 0 Å². The number of urea groups is 1. The maximum atomic E-state index is 13.6. The van der Waals surface area contributed by atoms with E-state index >= 15 is 0 Å². The van der Waals surface area contributed by atoms with Crippen molar-refractivity contribution in [1.82, 2.24) is 25.3 Å². The van der Waals surface area contributed by atoms with Crippen molar-refractivity contribution >= 4 is 11.9 Å². The maximum absolute atomic E-state index is 13.6. The Morgan fingerprint density at radius 1 is 1.14 bits per heavy atom. The molecule has 3 heterocycles. The predicted molar refractivity (Wildman–Crippen MR) is 105 cm³/mol. The average molecular weight is 381 g/mol. The number of nitrogens with one attached hydrogen (secondary N) is 2. The smallest absolute Gasteiger partial charge is 0.323 e. The van der Waals surface area contributed by atoms with E-state index in [9.17, 15) is 9.59 Å². The van der Waals surface area contributed by atoms with Gasteiger partial charge in [-0.15, -0.1) is 0 Å². The van der Waals surface area contributed by atoms with Crippen LogP contribution in [0.2, 0.25) is 0 Å². The molecule has 4 rings (SSSR count). The lowest BCUT2D eigenvalue weighted by Crippen LogP contribution is -2.56. The van der Waals surface area contributed by atoms with Crippen LogP contribution in [0.15, 0.2) is 42.7 Å². The van der Waals surface area contributed by atoms with E-state index in [-0.39, 0.29) is 24.4 Å². The Labute approximate surface area is 165 Å². The summed E-state index contributed by atoms with van der Waals surface area (Å²) in [5.74, 6) is 0.0528. The molecule has 1 atom stereocenters. The van der Waals surface area contributed by atoms with E-state index < -0.39 is 5.54 Å². The molecule has 148 valence electrons. The van der Waals surface area contributed by atoms with Gasteiger partial charge >= 0.3 is 6.03 Å². The molecule has 2 aliphatic heterocycles. The molecule has 2 aromatic rings. The van der Waals surface area contributed by atoms with Gasteiger partial charge in [-0.3, -0.25) is 14.4 Å². The fourth-order valence-corrected chi connectivity index (χ4v) is 4.48. The van der Waals surface area contributed by atoms with Crippen LogP contribution in [-0.2, 0) is 24.8 Å². The molecule has 0 saturated carbocycles. The fourth-order valence-electron chi connectivity index (χ4n) is 4.48. The number of benzene rings is 1. The Bertz CT molecular complexity index is 843. The molecule has 0 aliphatic carbocycles. The third kappa shape index (κ3) is 3.54. The van der Waals surface area contributed by atoms with Gasteiger partial charge in [-0.05, 0) is 50.3 Å².